The molecule has 0 spiro atoms. The van der Waals surface area contributed by atoms with Gasteiger partial charge in [0.15, 0.2) is 0 Å². The molecular weight excluding hydrogens is 895 g/mol. The van der Waals surface area contributed by atoms with Gasteiger partial charge in [0.2, 0.25) is 0 Å². The van der Waals surface area contributed by atoms with Crippen molar-refractivity contribution in [2.24, 2.45) is 14.1 Å². The van der Waals surface area contributed by atoms with E-state index in [0.717, 1.165) is 58.2 Å². The molecule has 0 radical (unpaired) electrons. The predicted octanol–water partition coefficient (Wildman–Crippen LogP) is 19.3. The van der Waals surface area contributed by atoms with Crippen LogP contribution in [0.3, 0.4) is 0 Å². The lowest BCUT2D eigenvalue weighted by molar-refractivity contribution is 0.753. The van der Waals surface area contributed by atoms with Crippen molar-refractivity contribution in [3.63, 3.8) is 0 Å². The normalized spacial score (nSPS) is 8.96. The summed E-state index contributed by atoms with van der Waals surface area (Å²) in [6.45, 7) is 42.1. The standard InChI is InChI=1S/2C10H12N2.C9H10N2.C9H7N.C7H6N2.3C3H8.5C2H6/c1-3-10-11-8-6-4-5-7-9(8)12(10)2;1-3-12-8(2)11-9-6-4-5-7-10(9)12;1-7-10-8-5-3-4-6-9(8)11(7)2;1-2-6-9-8(4-1)5-3-7-10-9;1-2-5-9-6-4-8-7(9)3-1;3*1-3-2;5*1-2/h2*4-7H,3H2,1-2H3;3-6H,1-2H3;1-7H;1-6H;3*3H2,1-2H3;5*1-2H3. The fraction of sp³-hybridized carbons (Fsp3) is 0.422. The fourth-order valence-corrected chi connectivity index (χ4v) is 6.25. The summed E-state index contributed by atoms with van der Waals surface area (Å²) in [6, 6.07) is 42.6. The van der Waals surface area contributed by atoms with Gasteiger partial charge in [0, 0.05) is 57.2 Å². The zero-order valence-corrected chi connectivity index (χ0v) is 50.0. The topological polar surface area (TPSA) is 83.6 Å². The van der Waals surface area contributed by atoms with E-state index in [1.807, 2.05) is 192 Å². The Morgan fingerprint density at radius 1 is 0.384 bits per heavy atom. The van der Waals surface area contributed by atoms with Crippen LogP contribution in [-0.4, -0.2) is 43.0 Å². The Balaban J connectivity index is -0.000000775. The minimum atomic E-state index is 0.991. The molecule has 9 heteroatoms. The second-order valence-corrected chi connectivity index (χ2v) is 14.7. The van der Waals surface area contributed by atoms with E-state index in [0.29, 0.717) is 0 Å². The maximum atomic E-state index is 4.49. The fourth-order valence-electron chi connectivity index (χ4n) is 6.25. The van der Waals surface area contributed by atoms with Crippen molar-refractivity contribution < 1.29 is 0 Å². The third-order valence-corrected chi connectivity index (χ3v) is 9.18. The van der Waals surface area contributed by atoms with E-state index in [2.05, 4.69) is 150 Å². The van der Waals surface area contributed by atoms with Gasteiger partial charge >= 0.3 is 0 Å². The molecule has 9 nitrogen and oxygen atoms in total. The maximum Gasteiger partial charge on any atom is 0.136 e. The molecule has 6 heterocycles. The predicted molar refractivity (Wildman–Crippen MR) is 327 cm³/mol. The number of nitrogens with zero attached hydrogens (tertiary/aromatic N) is 9. The summed E-state index contributed by atoms with van der Waals surface area (Å²) in [4.78, 5) is 21.6. The molecule has 10 aromatic rings. The lowest BCUT2D eigenvalue weighted by Gasteiger charge is -2.00. The number of fused-ring (bicyclic) bond motifs is 5. The van der Waals surface area contributed by atoms with Gasteiger partial charge in [-0.2, -0.15) is 0 Å². The second-order valence-electron chi connectivity index (χ2n) is 14.7. The first kappa shape index (κ1) is 70.6. The highest BCUT2D eigenvalue weighted by Gasteiger charge is 2.04. The Bertz CT molecular complexity index is 2660. The summed E-state index contributed by atoms with van der Waals surface area (Å²) in [5, 5.41) is 1.20. The van der Waals surface area contributed by atoms with Gasteiger partial charge in [-0.3, -0.25) is 4.98 Å². The van der Waals surface area contributed by atoms with Gasteiger partial charge in [-0.25, -0.2) is 19.9 Å². The number of benzene rings is 4. The van der Waals surface area contributed by atoms with Crippen molar-refractivity contribution in [3.05, 3.63) is 170 Å². The van der Waals surface area contributed by atoms with Gasteiger partial charge in [-0.05, 0) is 81.4 Å². The molecule has 402 valence electrons. The minimum Gasteiger partial charge on any atom is -0.331 e. The lowest BCUT2D eigenvalue weighted by Crippen LogP contribution is -1.95. The molecule has 0 N–H and O–H groups in total. The molecule has 0 amide bonds. The van der Waals surface area contributed by atoms with Crippen LogP contribution in [0.1, 0.15) is 161 Å². The van der Waals surface area contributed by atoms with Gasteiger partial charge in [0.05, 0.1) is 38.6 Å². The van der Waals surface area contributed by atoms with E-state index in [1.165, 1.54) is 41.2 Å². The molecule has 0 fully saturated rings. The van der Waals surface area contributed by atoms with Crippen LogP contribution < -0.4 is 0 Å². The van der Waals surface area contributed by atoms with E-state index < -0.39 is 0 Å². The van der Waals surface area contributed by atoms with Gasteiger partial charge < -0.3 is 18.1 Å². The molecule has 10 rings (SSSR count). The Kier molecular flexibility index (Phi) is 45.0. The van der Waals surface area contributed by atoms with Gasteiger partial charge in [0.1, 0.15) is 23.1 Å². The average Bonchev–Trinajstić information content (AvgIpc) is 4.23. The average molecular weight is 997 g/mol. The quantitative estimate of drug-likeness (QED) is 0.172. The molecule has 6 aromatic heterocycles. The van der Waals surface area contributed by atoms with Crippen LogP contribution in [-0.2, 0) is 27.1 Å². The summed E-state index contributed by atoms with van der Waals surface area (Å²) >= 11 is 0. The van der Waals surface area contributed by atoms with E-state index in [9.17, 15) is 0 Å². The van der Waals surface area contributed by atoms with Crippen molar-refractivity contribution >= 4 is 49.7 Å². The highest BCUT2D eigenvalue weighted by Crippen LogP contribution is 2.16. The highest BCUT2D eigenvalue weighted by molar-refractivity contribution is 5.78. The summed E-state index contributed by atoms with van der Waals surface area (Å²) < 4.78 is 8.43. The van der Waals surface area contributed by atoms with Crippen LogP contribution >= 0.6 is 0 Å². The number of aryl methyl sites for hydroxylation is 6. The second kappa shape index (κ2) is 46.5. The largest absolute Gasteiger partial charge is 0.331 e. The van der Waals surface area contributed by atoms with Crippen molar-refractivity contribution in [2.75, 3.05) is 0 Å². The highest BCUT2D eigenvalue weighted by atomic mass is 15.1. The Hall–Kier alpha value is -6.61. The van der Waals surface area contributed by atoms with Crippen molar-refractivity contribution in [3.8, 4) is 0 Å². The van der Waals surface area contributed by atoms with E-state index in [1.54, 1.807) is 6.20 Å². The monoisotopic (exact) mass is 996 g/mol. The number of aromatic nitrogens is 9. The van der Waals surface area contributed by atoms with E-state index in [4.69, 9.17) is 0 Å². The molecule has 0 atom stereocenters. The van der Waals surface area contributed by atoms with Crippen molar-refractivity contribution in [1.82, 2.24) is 43.0 Å². The zero-order valence-electron chi connectivity index (χ0n) is 50.0. The van der Waals surface area contributed by atoms with Gasteiger partial charge in [0.25, 0.3) is 0 Å². The van der Waals surface area contributed by atoms with E-state index in [-0.39, 0.29) is 0 Å². The van der Waals surface area contributed by atoms with Crippen LogP contribution in [0.25, 0.3) is 49.7 Å². The third kappa shape index (κ3) is 25.6. The summed E-state index contributed by atoms with van der Waals surface area (Å²) in [7, 11) is 4.10. The van der Waals surface area contributed by atoms with Gasteiger partial charge in [-0.1, -0.05) is 204 Å². The number of hydrogen-bond acceptors (Lipinski definition) is 5. The van der Waals surface area contributed by atoms with Crippen molar-refractivity contribution in [2.45, 2.75) is 171 Å². The van der Waals surface area contributed by atoms with Crippen LogP contribution in [0.2, 0.25) is 0 Å². The molecule has 0 bridgehead atoms. The van der Waals surface area contributed by atoms with Crippen molar-refractivity contribution in [1.29, 1.82) is 0 Å². The summed E-state index contributed by atoms with van der Waals surface area (Å²) in [5.74, 6) is 3.31. The molecule has 0 aliphatic carbocycles. The maximum absolute atomic E-state index is 4.49. The molecule has 0 saturated carbocycles. The first-order valence-electron chi connectivity index (χ1n) is 27.5. The Labute approximate surface area is 445 Å². The molecule has 0 saturated heterocycles. The zero-order chi connectivity index (χ0) is 56.0. The van der Waals surface area contributed by atoms with Crippen LogP contribution in [0.4, 0.5) is 0 Å². The van der Waals surface area contributed by atoms with Crippen LogP contribution in [0.15, 0.2) is 152 Å². The van der Waals surface area contributed by atoms with E-state index >= 15 is 0 Å². The summed E-state index contributed by atoms with van der Waals surface area (Å²) in [5.41, 5.74) is 8.97. The SMILES string of the molecule is CC.CC.CC.CC.CC.CCC.CCC.CCC.CCc1nc2ccccc2n1C.CCn1c(C)nc2ccccc21.Cc1nc2ccccc2n1C.c1ccc2ncccc2c1.c1ccn2ccnc2c1. The molecule has 0 aliphatic rings. The first-order valence-corrected chi connectivity index (χ1v) is 27.5. The third-order valence-electron chi connectivity index (χ3n) is 9.18. The number of rotatable bonds is 2. The molecular formula is C64H101N9. The van der Waals surface area contributed by atoms with Gasteiger partial charge in [-0.15, -0.1) is 0 Å². The molecule has 73 heavy (non-hydrogen) atoms. The summed E-state index contributed by atoms with van der Waals surface area (Å²) in [6.07, 6.45) is 12.2. The molecule has 0 aliphatic heterocycles. The molecule has 4 aromatic carbocycles. The number of imidazole rings is 4. The minimum absolute atomic E-state index is 0.991. The Morgan fingerprint density at radius 3 is 1.26 bits per heavy atom. The van der Waals surface area contributed by atoms with Crippen LogP contribution in [0, 0.1) is 13.8 Å². The smallest absolute Gasteiger partial charge is 0.136 e. The first-order chi connectivity index (χ1) is 35.6. The number of pyridine rings is 2. The number of hydrogen-bond donors (Lipinski definition) is 0. The van der Waals surface area contributed by atoms with Crippen LogP contribution in [0.5, 0.6) is 0 Å². The Morgan fingerprint density at radius 2 is 0.795 bits per heavy atom. The lowest BCUT2D eigenvalue weighted by atomic mass is 10.2. The number of para-hydroxylation sites is 7. The molecule has 0 unspecified atom stereocenters.